The Labute approximate surface area is 146 Å². The van der Waals surface area contributed by atoms with Crippen LogP contribution in [0.2, 0.25) is 0 Å². The molecule has 0 saturated carbocycles. The number of carbonyl (C=O) groups is 1. The molecule has 0 unspecified atom stereocenters. The van der Waals surface area contributed by atoms with Crippen molar-refractivity contribution in [1.29, 1.82) is 0 Å². The van der Waals surface area contributed by atoms with Crippen LogP contribution in [0, 0.1) is 5.41 Å². The van der Waals surface area contributed by atoms with Crippen molar-refractivity contribution in [1.82, 2.24) is 0 Å². The van der Waals surface area contributed by atoms with Crippen LogP contribution in [0.4, 0.5) is 0 Å². The topological polar surface area (TPSA) is 37.3 Å². The van der Waals surface area contributed by atoms with Gasteiger partial charge in [0.15, 0.2) is 0 Å². The number of hydrogen-bond acceptors (Lipinski definition) is 1. The number of aliphatic carboxylic acids is 1. The molecule has 0 aliphatic carbocycles. The first-order valence-corrected chi connectivity index (χ1v) is 9.95. The third-order valence-corrected chi connectivity index (χ3v) is 5.28. The predicted molar refractivity (Wildman–Crippen MR) is 102 cm³/mol. The number of nitrogens with zero attached hydrogens (tertiary/aromatic N) is 1. The van der Waals surface area contributed by atoms with Crippen molar-refractivity contribution in [3.8, 4) is 0 Å². The number of carboxylic acid groups (broad SMARTS) is 1. The summed E-state index contributed by atoms with van der Waals surface area (Å²) >= 11 is 0. The van der Waals surface area contributed by atoms with Crippen molar-refractivity contribution in [2.75, 3.05) is 26.2 Å². The second-order valence-electron chi connectivity index (χ2n) is 6.88. The standard InChI is InChI=1S/C12H28N.C8H16O2/c1-5-9-13(10-6-2,11-7-3)12-8-4;1-4-8(5-2,6-3)7(9)10/h5-12H2,1-4H3;4-6H2,1-3H3,(H,9,10)/q+1;. The molecule has 0 bridgehead atoms. The molecule has 0 aliphatic rings. The Hall–Kier alpha value is -0.570. The molecule has 140 valence electrons. The lowest BCUT2D eigenvalue weighted by Gasteiger charge is -2.38. The smallest absolute Gasteiger partial charge is 0.309 e. The molecule has 0 aromatic rings. The number of carboxylic acids is 1. The highest BCUT2D eigenvalue weighted by Crippen LogP contribution is 2.30. The summed E-state index contributed by atoms with van der Waals surface area (Å²) < 4.78 is 1.38. The van der Waals surface area contributed by atoms with E-state index in [4.69, 9.17) is 5.11 Å². The molecule has 1 N–H and O–H groups in total. The maximum atomic E-state index is 10.7. The van der Waals surface area contributed by atoms with Crippen LogP contribution in [0.15, 0.2) is 0 Å². The minimum absolute atomic E-state index is 0.458. The SMILES string of the molecule is CCC(CC)(CC)C(=O)O.CCC[N+](CCC)(CCC)CCC. The van der Waals surface area contributed by atoms with Gasteiger partial charge < -0.3 is 9.59 Å². The second kappa shape index (κ2) is 13.8. The fraction of sp³-hybridized carbons (Fsp3) is 0.950. The molecule has 0 saturated heterocycles. The predicted octanol–water partition coefficient (Wildman–Crippen LogP) is 5.73. The molecule has 23 heavy (non-hydrogen) atoms. The van der Waals surface area contributed by atoms with E-state index in [1.807, 2.05) is 20.8 Å². The van der Waals surface area contributed by atoms with Crippen LogP contribution in [0.3, 0.4) is 0 Å². The van der Waals surface area contributed by atoms with Gasteiger partial charge in [-0.2, -0.15) is 0 Å². The quantitative estimate of drug-likeness (QED) is 0.464. The molecule has 0 rings (SSSR count). The Morgan fingerprint density at radius 1 is 0.696 bits per heavy atom. The molecular formula is C20H44NO2+. The van der Waals surface area contributed by atoms with E-state index < -0.39 is 11.4 Å². The van der Waals surface area contributed by atoms with Crippen molar-refractivity contribution < 1.29 is 14.4 Å². The maximum Gasteiger partial charge on any atom is 0.309 e. The minimum Gasteiger partial charge on any atom is -0.481 e. The summed E-state index contributed by atoms with van der Waals surface area (Å²) in [5.41, 5.74) is -0.458. The summed E-state index contributed by atoms with van der Waals surface area (Å²) in [5, 5.41) is 8.82. The monoisotopic (exact) mass is 330 g/mol. The van der Waals surface area contributed by atoms with Crippen LogP contribution in [-0.4, -0.2) is 41.7 Å². The first-order valence-electron chi connectivity index (χ1n) is 9.95. The van der Waals surface area contributed by atoms with Gasteiger partial charge in [-0.1, -0.05) is 48.5 Å². The Bertz CT molecular complexity index is 248. The Balaban J connectivity index is 0. The van der Waals surface area contributed by atoms with E-state index >= 15 is 0 Å². The van der Waals surface area contributed by atoms with Gasteiger partial charge >= 0.3 is 5.97 Å². The average Bonchev–Trinajstić information content (AvgIpc) is 2.51. The van der Waals surface area contributed by atoms with Gasteiger partial charge in [-0.25, -0.2) is 0 Å². The van der Waals surface area contributed by atoms with Gasteiger partial charge in [-0.3, -0.25) is 4.79 Å². The highest BCUT2D eigenvalue weighted by atomic mass is 16.4. The Kier molecular flexibility index (Phi) is 14.8. The summed E-state index contributed by atoms with van der Waals surface area (Å²) in [7, 11) is 0. The molecule has 0 aromatic carbocycles. The normalized spacial score (nSPS) is 11.8. The average molecular weight is 331 g/mol. The summed E-state index contributed by atoms with van der Waals surface area (Å²) in [4.78, 5) is 10.7. The van der Waals surface area contributed by atoms with Gasteiger partial charge in [0.25, 0.3) is 0 Å². The van der Waals surface area contributed by atoms with Crippen molar-refractivity contribution in [3.05, 3.63) is 0 Å². The zero-order valence-electron chi connectivity index (χ0n) is 17.1. The highest BCUT2D eigenvalue weighted by molar-refractivity contribution is 5.74. The van der Waals surface area contributed by atoms with Gasteiger partial charge in [0.1, 0.15) is 0 Å². The molecule has 3 heteroatoms. The minimum atomic E-state index is -0.653. The molecule has 0 spiro atoms. The zero-order chi connectivity index (χ0) is 18.4. The summed E-state index contributed by atoms with van der Waals surface area (Å²) in [6, 6.07) is 0. The summed E-state index contributed by atoms with van der Waals surface area (Å²) in [6.45, 7) is 20.6. The third kappa shape index (κ3) is 8.74. The van der Waals surface area contributed by atoms with Gasteiger partial charge in [0, 0.05) is 0 Å². The van der Waals surface area contributed by atoms with Crippen LogP contribution in [0.25, 0.3) is 0 Å². The van der Waals surface area contributed by atoms with E-state index in [0.717, 1.165) is 19.3 Å². The number of hydrogen-bond donors (Lipinski definition) is 1. The van der Waals surface area contributed by atoms with Crippen LogP contribution in [0.1, 0.15) is 93.4 Å². The fourth-order valence-corrected chi connectivity index (χ4v) is 3.77. The largest absolute Gasteiger partial charge is 0.481 e. The maximum absolute atomic E-state index is 10.7. The molecule has 0 heterocycles. The van der Waals surface area contributed by atoms with Crippen molar-refractivity contribution in [3.63, 3.8) is 0 Å². The molecule has 0 aromatic heterocycles. The molecule has 0 amide bonds. The molecule has 0 fully saturated rings. The van der Waals surface area contributed by atoms with E-state index in [-0.39, 0.29) is 0 Å². The van der Waals surface area contributed by atoms with Gasteiger partial charge in [0.05, 0.1) is 31.6 Å². The van der Waals surface area contributed by atoms with Gasteiger partial charge in [-0.15, -0.1) is 0 Å². The van der Waals surface area contributed by atoms with Crippen molar-refractivity contribution in [2.45, 2.75) is 93.4 Å². The van der Waals surface area contributed by atoms with E-state index in [2.05, 4.69) is 27.7 Å². The Morgan fingerprint density at radius 2 is 0.957 bits per heavy atom. The highest BCUT2D eigenvalue weighted by Gasteiger charge is 2.32. The first-order chi connectivity index (χ1) is 10.9. The van der Waals surface area contributed by atoms with Gasteiger partial charge in [-0.05, 0) is 44.9 Å². The molecular weight excluding hydrogens is 286 g/mol. The van der Waals surface area contributed by atoms with E-state index in [1.165, 1.54) is 56.3 Å². The first kappa shape index (κ1) is 24.7. The summed E-state index contributed by atoms with van der Waals surface area (Å²) in [5.74, 6) is -0.653. The van der Waals surface area contributed by atoms with E-state index in [9.17, 15) is 4.79 Å². The molecule has 0 atom stereocenters. The zero-order valence-corrected chi connectivity index (χ0v) is 17.1. The summed E-state index contributed by atoms with van der Waals surface area (Å²) in [6.07, 6.45) is 7.53. The van der Waals surface area contributed by atoms with Crippen molar-refractivity contribution in [2.24, 2.45) is 5.41 Å². The van der Waals surface area contributed by atoms with E-state index in [1.54, 1.807) is 0 Å². The van der Waals surface area contributed by atoms with Gasteiger partial charge in [0.2, 0.25) is 0 Å². The van der Waals surface area contributed by atoms with Crippen LogP contribution >= 0.6 is 0 Å². The number of quaternary nitrogens is 1. The molecule has 3 nitrogen and oxygen atoms in total. The second-order valence-corrected chi connectivity index (χ2v) is 6.88. The lowest BCUT2D eigenvalue weighted by molar-refractivity contribution is -0.928. The van der Waals surface area contributed by atoms with E-state index in [0.29, 0.717) is 0 Å². The van der Waals surface area contributed by atoms with Crippen LogP contribution < -0.4 is 0 Å². The third-order valence-electron chi connectivity index (χ3n) is 5.28. The molecule has 0 aliphatic heterocycles. The molecule has 0 radical (unpaired) electrons. The lowest BCUT2D eigenvalue weighted by atomic mass is 9.80. The Morgan fingerprint density at radius 3 is 1.04 bits per heavy atom. The lowest BCUT2D eigenvalue weighted by Crippen LogP contribution is -2.50. The van der Waals surface area contributed by atoms with Crippen LogP contribution in [0.5, 0.6) is 0 Å². The van der Waals surface area contributed by atoms with Crippen molar-refractivity contribution >= 4 is 5.97 Å². The van der Waals surface area contributed by atoms with Crippen LogP contribution in [-0.2, 0) is 4.79 Å². The fourth-order valence-electron chi connectivity index (χ4n) is 3.77. The number of rotatable bonds is 12.